The van der Waals surface area contributed by atoms with Crippen LogP contribution < -0.4 is 5.32 Å². The van der Waals surface area contributed by atoms with Crippen molar-refractivity contribution in [2.24, 2.45) is 5.92 Å². The van der Waals surface area contributed by atoms with Crippen LogP contribution in [0.2, 0.25) is 0 Å². The minimum atomic E-state index is -5.18. The zero-order valence-corrected chi connectivity index (χ0v) is 14.3. The molecule has 0 aromatic rings. The molecule has 2 aliphatic rings. The summed E-state index contributed by atoms with van der Waals surface area (Å²) in [5.41, 5.74) is -4.39. The molecule has 0 aromatic carbocycles. The van der Waals surface area contributed by atoms with Crippen molar-refractivity contribution in [2.45, 2.75) is 51.2 Å². The van der Waals surface area contributed by atoms with Gasteiger partial charge in [-0.3, -0.25) is 9.59 Å². The minimum Gasteiger partial charge on any atom is -0.466 e. The summed E-state index contributed by atoms with van der Waals surface area (Å²) in [6, 6.07) is 0. The predicted molar refractivity (Wildman–Crippen MR) is 81.0 cm³/mol. The summed E-state index contributed by atoms with van der Waals surface area (Å²) in [6.45, 7) is 3.11. The molecule has 1 heterocycles. The van der Waals surface area contributed by atoms with Gasteiger partial charge in [0, 0.05) is 18.2 Å². The number of carbonyl (C=O) groups excluding carboxylic acids is 3. The number of nitrogens with zero attached hydrogens (tertiary/aromatic N) is 1. The summed E-state index contributed by atoms with van der Waals surface area (Å²) < 4.78 is 46.6. The van der Waals surface area contributed by atoms with Crippen molar-refractivity contribution in [3.05, 3.63) is 11.3 Å². The van der Waals surface area contributed by atoms with Crippen LogP contribution in [0.4, 0.5) is 13.2 Å². The molecule has 25 heavy (non-hydrogen) atoms. The number of unbranched alkanes of at least 4 members (excludes halogenated alkanes) is 1. The molecule has 6 nitrogen and oxygen atoms in total. The van der Waals surface area contributed by atoms with Gasteiger partial charge in [0.2, 0.25) is 11.4 Å². The molecule has 2 rings (SSSR count). The summed E-state index contributed by atoms with van der Waals surface area (Å²) in [5.74, 6) is -4.08. The summed E-state index contributed by atoms with van der Waals surface area (Å²) in [7, 11) is 0.936. The number of alkyl halides is 3. The Labute approximate surface area is 143 Å². The molecule has 1 fully saturated rings. The number of rotatable bonds is 6. The average molecular weight is 362 g/mol. The summed E-state index contributed by atoms with van der Waals surface area (Å²) in [4.78, 5) is 37.8. The lowest BCUT2D eigenvalue weighted by atomic mass is 9.89. The largest absolute Gasteiger partial charge is 0.466 e. The Morgan fingerprint density at radius 2 is 1.96 bits per heavy atom. The van der Waals surface area contributed by atoms with Gasteiger partial charge in [-0.1, -0.05) is 13.3 Å². The number of hydrogen-bond acceptors (Lipinski definition) is 4. The number of carbonyl (C=O) groups is 3. The van der Waals surface area contributed by atoms with Gasteiger partial charge in [0.1, 0.15) is 5.57 Å². The van der Waals surface area contributed by atoms with Crippen molar-refractivity contribution < 1.29 is 32.3 Å². The molecular formula is C16H21F3N2O4. The lowest BCUT2D eigenvalue weighted by Gasteiger charge is -2.33. The summed E-state index contributed by atoms with van der Waals surface area (Å²) in [5, 5.41) is 1.83. The van der Waals surface area contributed by atoms with Gasteiger partial charge in [-0.15, -0.1) is 0 Å². The van der Waals surface area contributed by atoms with E-state index in [-0.39, 0.29) is 12.2 Å². The van der Waals surface area contributed by atoms with Crippen molar-refractivity contribution in [2.75, 3.05) is 13.7 Å². The maximum absolute atomic E-state index is 14.0. The number of ether oxygens (including phenoxy) is 1. The Hall–Kier alpha value is -2.06. The number of amides is 2. The molecule has 1 unspecified atom stereocenters. The second kappa shape index (κ2) is 6.68. The number of methoxy groups -OCH3 is 1. The molecule has 140 valence electrons. The highest BCUT2D eigenvalue weighted by Crippen LogP contribution is 2.46. The quantitative estimate of drug-likeness (QED) is 0.733. The average Bonchev–Trinajstić information content (AvgIpc) is 3.34. The Bertz CT molecular complexity index is 625. The first-order valence-corrected chi connectivity index (χ1v) is 8.12. The Balaban J connectivity index is 2.58. The molecule has 1 N–H and O–H groups in total. The van der Waals surface area contributed by atoms with E-state index in [9.17, 15) is 27.6 Å². The fourth-order valence-electron chi connectivity index (χ4n) is 2.94. The Kier molecular flexibility index (Phi) is 5.15. The van der Waals surface area contributed by atoms with Crippen LogP contribution in [0.25, 0.3) is 0 Å². The van der Waals surface area contributed by atoms with Crippen molar-refractivity contribution >= 4 is 17.8 Å². The van der Waals surface area contributed by atoms with Crippen LogP contribution in [0.1, 0.15) is 39.5 Å². The first-order chi connectivity index (χ1) is 11.6. The fourth-order valence-corrected chi connectivity index (χ4v) is 2.94. The van der Waals surface area contributed by atoms with E-state index in [1.807, 2.05) is 12.2 Å². The van der Waals surface area contributed by atoms with Gasteiger partial charge in [-0.2, -0.15) is 13.2 Å². The van der Waals surface area contributed by atoms with Gasteiger partial charge in [0.25, 0.3) is 5.91 Å². The monoisotopic (exact) mass is 362 g/mol. The number of nitrogens with one attached hydrogen (secondary N) is 1. The highest BCUT2D eigenvalue weighted by Gasteiger charge is 2.71. The second-order valence-electron chi connectivity index (χ2n) is 6.27. The second-order valence-corrected chi connectivity index (χ2v) is 6.27. The van der Waals surface area contributed by atoms with Gasteiger partial charge in [0.05, 0.1) is 7.11 Å². The van der Waals surface area contributed by atoms with E-state index in [1.165, 1.54) is 6.92 Å². The van der Waals surface area contributed by atoms with E-state index >= 15 is 0 Å². The summed E-state index contributed by atoms with van der Waals surface area (Å²) in [6.07, 6.45) is -3.14. The SMILES string of the molecule is CCCCN1C(=O)C(NC(=O)C2CC2)(C(F)(F)F)C(C(=O)OC)=C1C. The zero-order chi connectivity index (χ0) is 19.0. The fraction of sp³-hybridized carbons (Fsp3) is 0.688. The van der Waals surface area contributed by atoms with E-state index < -0.39 is 41.0 Å². The predicted octanol–water partition coefficient (Wildman–Crippen LogP) is 1.90. The van der Waals surface area contributed by atoms with Gasteiger partial charge >= 0.3 is 12.1 Å². The molecule has 0 aromatic heterocycles. The van der Waals surface area contributed by atoms with Crippen LogP contribution >= 0.6 is 0 Å². The van der Waals surface area contributed by atoms with Crippen LogP contribution in [0.15, 0.2) is 11.3 Å². The number of halogens is 3. The molecule has 2 amide bonds. The van der Waals surface area contributed by atoms with Crippen molar-refractivity contribution in [1.29, 1.82) is 0 Å². The van der Waals surface area contributed by atoms with Gasteiger partial charge in [-0.05, 0) is 26.2 Å². The number of esters is 1. The molecule has 9 heteroatoms. The molecule has 0 spiro atoms. The van der Waals surface area contributed by atoms with Gasteiger partial charge in [-0.25, -0.2) is 4.79 Å². The standard InChI is InChI=1S/C16H21F3N2O4/c1-4-5-8-21-9(2)11(13(23)25-3)15(14(21)24,16(17,18)19)20-12(22)10-6-7-10/h10H,4-8H2,1-3H3,(H,20,22). The van der Waals surface area contributed by atoms with Crippen LogP contribution in [-0.4, -0.2) is 48.1 Å². The Morgan fingerprint density at radius 3 is 2.40 bits per heavy atom. The lowest BCUT2D eigenvalue weighted by molar-refractivity contribution is -0.196. The molecule has 1 aliphatic heterocycles. The Morgan fingerprint density at radius 1 is 1.36 bits per heavy atom. The van der Waals surface area contributed by atoms with Gasteiger partial charge in [0.15, 0.2) is 0 Å². The van der Waals surface area contributed by atoms with Crippen LogP contribution in [-0.2, 0) is 19.1 Å². The topological polar surface area (TPSA) is 75.7 Å². The molecule has 0 bridgehead atoms. The molecular weight excluding hydrogens is 341 g/mol. The van der Waals surface area contributed by atoms with Crippen LogP contribution in [0, 0.1) is 5.92 Å². The third-order valence-electron chi connectivity index (χ3n) is 4.52. The van der Waals surface area contributed by atoms with Crippen LogP contribution in [0.3, 0.4) is 0 Å². The maximum Gasteiger partial charge on any atom is 0.425 e. The molecule has 0 saturated heterocycles. The molecule has 1 aliphatic carbocycles. The van der Waals surface area contributed by atoms with E-state index in [0.717, 1.165) is 12.0 Å². The summed E-state index contributed by atoms with van der Waals surface area (Å²) >= 11 is 0. The third-order valence-corrected chi connectivity index (χ3v) is 4.52. The molecule has 1 atom stereocenters. The third kappa shape index (κ3) is 3.11. The van der Waals surface area contributed by atoms with E-state index in [0.29, 0.717) is 25.7 Å². The smallest absolute Gasteiger partial charge is 0.425 e. The highest BCUT2D eigenvalue weighted by atomic mass is 19.4. The van der Waals surface area contributed by atoms with Crippen molar-refractivity contribution in [3.63, 3.8) is 0 Å². The van der Waals surface area contributed by atoms with Gasteiger partial charge < -0.3 is 15.0 Å². The lowest BCUT2D eigenvalue weighted by Crippen LogP contribution is -2.66. The number of hydrogen-bond donors (Lipinski definition) is 1. The molecule has 1 saturated carbocycles. The van der Waals surface area contributed by atoms with E-state index in [1.54, 1.807) is 0 Å². The zero-order valence-electron chi connectivity index (χ0n) is 14.3. The van der Waals surface area contributed by atoms with Crippen LogP contribution in [0.5, 0.6) is 0 Å². The first-order valence-electron chi connectivity index (χ1n) is 8.12. The van der Waals surface area contributed by atoms with Crippen molar-refractivity contribution in [3.8, 4) is 0 Å². The van der Waals surface area contributed by atoms with E-state index in [4.69, 9.17) is 0 Å². The first kappa shape index (κ1) is 19.3. The molecule has 0 radical (unpaired) electrons. The van der Waals surface area contributed by atoms with Crippen molar-refractivity contribution in [1.82, 2.24) is 10.2 Å². The maximum atomic E-state index is 14.0. The minimum absolute atomic E-state index is 0.0266. The van der Waals surface area contributed by atoms with E-state index in [2.05, 4.69) is 4.74 Å². The normalized spacial score (nSPS) is 23.9. The number of allylic oxidation sites excluding steroid dienone is 1. The highest BCUT2D eigenvalue weighted by molar-refractivity contribution is 6.10.